The molecule has 2 aliphatic heterocycles. The normalized spacial score (nSPS) is 25.4. The number of nitrogens with zero attached hydrogens (tertiary/aromatic N) is 1. The molecule has 1 aromatic rings. The Labute approximate surface area is 151 Å². The number of aliphatic imine (C=N–C) groups is 1. The van der Waals surface area contributed by atoms with Crippen LogP contribution in [0.15, 0.2) is 29.3 Å². The molecule has 144 valence electrons. The van der Waals surface area contributed by atoms with Gasteiger partial charge in [0.25, 0.3) is 0 Å². The number of rotatable bonds is 6. The quantitative estimate of drug-likeness (QED) is 0.596. The number of halogens is 3. The van der Waals surface area contributed by atoms with Crippen LogP contribution in [0.3, 0.4) is 0 Å². The SMILES string of the molecule is CCNC(=NCc1ccc(OCC(F)(F)F)cc1)NC1CC2CCC1O2. The molecule has 0 aromatic heterocycles. The van der Waals surface area contributed by atoms with E-state index in [9.17, 15) is 13.2 Å². The third-order valence-corrected chi connectivity index (χ3v) is 4.52. The summed E-state index contributed by atoms with van der Waals surface area (Å²) < 4.78 is 47.0. The second-order valence-corrected chi connectivity index (χ2v) is 6.60. The monoisotopic (exact) mass is 371 g/mol. The number of hydrogen-bond acceptors (Lipinski definition) is 3. The van der Waals surface area contributed by atoms with Gasteiger partial charge >= 0.3 is 6.18 Å². The lowest BCUT2D eigenvalue weighted by atomic mass is 9.96. The Morgan fingerprint density at radius 2 is 2.04 bits per heavy atom. The van der Waals surface area contributed by atoms with E-state index in [0.717, 1.165) is 37.3 Å². The van der Waals surface area contributed by atoms with Crippen molar-refractivity contribution in [2.45, 2.75) is 57.2 Å². The lowest BCUT2D eigenvalue weighted by Gasteiger charge is -2.22. The molecule has 2 saturated heterocycles. The summed E-state index contributed by atoms with van der Waals surface area (Å²) in [6.07, 6.45) is -0.488. The second-order valence-electron chi connectivity index (χ2n) is 6.60. The van der Waals surface area contributed by atoms with Crippen molar-refractivity contribution in [1.29, 1.82) is 0 Å². The number of guanidine groups is 1. The molecule has 0 amide bonds. The topological polar surface area (TPSA) is 54.9 Å². The van der Waals surface area contributed by atoms with Crippen molar-refractivity contribution in [3.05, 3.63) is 29.8 Å². The first-order valence-corrected chi connectivity index (χ1v) is 8.92. The van der Waals surface area contributed by atoms with Crippen LogP contribution in [0.5, 0.6) is 5.75 Å². The Morgan fingerprint density at radius 1 is 1.27 bits per heavy atom. The summed E-state index contributed by atoms with van der Waals surface area (Å²) in [4.78, 5) is 4.56. The van der Waals surface area contributed by atoms with Crippen LogP contribution in [0.25, 0.3) is 0 Å². The van der Waals surface area contributed by atoms with Gasteiger partial charge in [-0.2, -0.15) is 13.2 Å². The van der Waals surface area contributed by atoms with Gasteiger partial charge in [0.15, 0.2) is 12.6 Å². The summed E-state index contributed by atoms with van der Waals surface area (Å²) in [5.74, 6) is 0.922. The van der Waals surface area contributed by atoms with E-state index in [2.05, 4.69) is 15.6 Å². The van der Waals surface area contributed by atoms with E-state index in [-0.39, 0.29) is 17.9 Å². The fourth-order valence-corrected chi connectivity index (χ4v) is 3.31. The highest BCUT2D eigenvalue weighted by molar-refractivity contribution is 5.80. The number of alkyl halides is 3. The third-order valence-electron chi connectivity index (χ3n) is 4.52. The van der Waals surface area contributed by atoms with E-state index in [4.69, 9.17) is 9.47 Å². The predicted octanol–water partition coefficient (Wildman–Crippen LogP) is 3.00. The van der Waals surface area contributed by atoms with Gasteiger partial charge in [-0.3, -0.25) is 0 Å². The summed E-state index contributed by atoms with van der Waals surface area (Å²) in [6, 6.07) is 6.78. The largest absolute Gasteiger partial charge is 0.484 e. The summed E-state index contributed by atoms with van der Waals surface area (Å²) in [7, 11) is 0. The molecule has 3 atom stereocenters. The number of benzene rings is 1. The van der Waals surface area contributed by atoms with E-state index < -0.39 is 12.8 Å². The van der Waals surface area contributed by atoms with Crippen molar-refractivity contribution >= 4 is 5.96 Å². The van der Waals surface area contributed by atoms with Crippen LogP contribution < -0.4 is 15.4 Å². The highest BCUT2D eigenvalue weighted by Gasteiger charge is 2.41. The molecule has 0 spiro atoms. The highest BCUT2D eigenvalue weighted by atomic mass is 19.4. The molecule has 3 rings (SSSR count). The Balaban J connectivity index is 1.53. The summed E-state index contributed by atoms with van der Waals surface area (Å²) >= 11 is 0. The van der Waals surface area contributed by atoms with Gasteiger partial charge in [0, 0.05) is 6.54 Å². The number of ether oxygens (including phenoxy) is 2. The predicted molar refractivity (Wildman–Crippen MR) is 92.2 cm³/mol. The van der Waals surface area contributed by atoms with Gasteiger partial charge < -0.3 is 20.1 Å². The molecule has 2 N–H and O–H groups in total. The van der Waals surface area contributed by atoms with E-state index in [1.165, 1.54) is 12.1 Å². The molecule has 0 radical (unpaired) electrons. The molecule has 1 aromatic carbocycles. The number of fused-ring (bicyclic) bond motifs is 2. The van der Waals surface area contributed by atoms with E-state index in [1.807, 2.05) is 6.92 Å². The van der Waals surface area contributed by atoms with Gasteiger partial charge in [-0.15, -0.1) is 0 Å². The van der Waals surface area contributed by atoms with Gasteiger partial charge in [0.1, 0.15) is 5.75 Å². The minimum atomic E-state index is -4.33. The van der Waals surface area contributed by atoms with Crippen LogP contribution in [0.4, 0.5) is 13.2 Å². The number of nitrogens with one attached hydrogen (secondary N) is 2. The summed E-state index contributed by atoms with van der Waals surface area (Å²) in [5, 5.41) is 6.65. The molecule has 5 nitrogen and oxygen atoms in total. The molecule has 0 saturated carbocycles. The van der Waals surface area contributed by atoms with Crippen LogP contribution in [0, 0.1) is 0 Å². The lowest BCUT2D eigenvalue weighted by Crippen LogP contribution is -2.47. The van der Waals surface area contributed by atoms with Crippen LogP contribution in [0.1, 0.15) is 31.7 Å². The molecule has 2 aliphatic rings. The first-order valence-electron chi connectivity index (χ1n) is 8.92. The maximum atomic E-state index is 12.2. The van der Waals surface area contributed by atoms with Crippen LogP contribution >= 0.6 is 0 Å². The van der Waals surface area contributed by atoms with Crippen LogP contribution in [-0.4, -0.2) is 43.5 Å². The Bertz CT molecular complexity index is 619. The molecular formula is C18H24F3N3O2. The maximum absolute atomic E-state index is 12.2. The van der Waals surface area contributed by atoms with Gasteiger partial charge in [0.2, 0.25) is 0 Å². The fourth-order valence-electron chi connectivity index (χ4n) is 3.31. The second kappa shape index (κ2) is 8.16. The minimum absolute atomic E-state index is 0.194. The first kappa shape index (κ1) is 18.8. The van der Waals surface area contributed by atoms with Crippen molar-refractivity contribution in [2.24, 2.45) is 4.99 Å². The van der Waals surface area contributed by atoms with Gasteiger partial charge in [-0.05, 0) is 43.9 Å². The van der Waals surface area contributed by atoms with Crippen molar-refractivity contribution in [1.82, 2.24) is 10.6 Å². The molecule has 8 heteroatoms. The Morgan fingerprint density at radius 3 is 2.62 bits per heavy atom. The zero-order valence-corrected chi connectivity index (χ0v) is 14.7. The standard InChI is InChI=1S/C18H24F3N3O2/c1-2-22-17(24-15-9-14-7-8-16(15)26-14)23-10-12-3-5-13(6-4-12)25-11-18(19,20)21/h3-6,14-16H,2,7-11H2,1H3,(H2,22,23,24). The minimum Gasteiger partial charge on any atom is -0.484 e. The molecule has 2 heterocycles. The van der Waals surface area contributed by atoms with Gasteiger partial charge in [0.05, 0.1) is 24.8 Å². The Hall–Kier alpha value is -1.96. The maximum Gasteiger partial charge on any atom is 0.422 e. The molecular weight excluding hydrogens is 347 g/mol. The van der Waals surface area contributed by atoms with E-state index in [0.29, 0.717) is 12.6 Å². The molecule has 2 bridgehead atoms. The van der Waals surface area contributed by atoms with Crippen LogP contribution in [0.2, 0.25) is 0 Å². The van der Waals surface area contributed by atoms with Crippen molar-refractivity contribution in [3.63, 3.8) is 0 Å². The van der Waals surface area contributed by atoms with Crippen molar-refractivity contribution in [3.8, 4) is 5.75 Å². The molecule has 3 unspecified atom stereocenters. The smallest absolute Gasteiger partial charge is 0.422 e. The summed E-state index contributed by atoms with van der Waals surface area (Å²) in [5.41, 5.74) is 0.894. The highest BCUT2D eigenvalue weighted by Crippen LogP contribution is 2.34. The average molecular weight is 371 g/mol. The van der Waals surface area contributed by atoms with Crippen molar-refractivity contribution in [2.75, 3.05) is 13.2 Å². The van der Waals surface area contributed by atoms with Gasteiger partial charge in [-0.1, -0.05) is 12.1 Å². The average Bonchev–Trinajstić information content (AvgIpc) is 3.21. The third kappa shape index (κ3) is 5.27. The van der Waals surface area contributed by atoms with E-state index >= 15 is 0 Å². The van der Waals surface area contributed by atoms with E-state index in [1.54, 1.807) is 12.1 Å². The van der Waals surface area contributed by atoms with Gasteiger partial charge in [-0.25, -0.2) is 4.99 Å². The zero-order valence-electron chi connectivity index (χ0n) is 14.7. The number of hydrogen-bond donors (Lipinski definition) is 2. The lowest BCUT2D eigenvalue weighted by molar-refractivity contribution is -0.153. The van der Waals surface area contributed by atoms with Crippen molar-refractivity contribution < 1.29 is 22.6 Å². The summed E-state index contributed by atoms with van der Waals surface area (Å²) in [6.45, 7) is 1.89. The molecule has 2 fully saturated rings. The molecule has 0 aliphatic carbocycles. The van der Waals surface area contributed by atoms with Crippen LogP contribution in [-0.2, 0) is 11.3 Å². The Kier molecular flexibility index (Phi) is 5.90. The first-order chi connectivity index (χ1) is 12.4. The zero-order chi connectivity index (χ0) is 18.6. The fraction of sp³-hybridized carbons (Fsp3) is 0.611. The molecule has 26 heavy (non-hydrogen) atoms.